The van der Waals surface area contributed by atoms with Crippen LogP contribution in [0.3, 0.4) is 0 Å². The summed E-state index contributed by atoms with van der Waals surface area (Å²) in [6, 6.07) is 3.84. The van der Waals surface area contributed by atoms with Crippen LogP contribution in [0.1, 0.15) is 31.2 Å². The van der Waals surface area contributed by atoms with Crippen molar-refractivity contribution in [1.29, 1.82) is 0 Å². The van der Waals surface area contributed by atoms with Gasteiger partial charge in [-0.05, 0) is 44.7 Å². The summed E-state index contributed by atoms with van der Waals surface area (Å²) in [5.41, 5.74) is 6.04. The van der Waals surface area contributed by atoms with Gasteiger partial charge in [-0.1, -0.05) is 0 Å². The first-order chi connectivity index (χ1) is 9.79. The topological polar surface area (TPSA) is 115 Å². The monoisotopic (exact) mass is 349 g/mol. The third-order valence-electron chi connectivity index (χ3n) is 3.77. The second kappa shape index (κ2) is 7.36. The second-order valence-electron chi connectivity index (χ2n) is 5.44. The molecular formula is C13H20ClN3O4S. The number of rotatable bonds is 4. The Morgan fingerprint density at radius 2 is 1.86 bits per heavy atom. The maximum Gasteiger partial charge on any atom is 0.272 e. The van der Waals surface area contributed by atoms with Crippen LogP contribution in [0.5, 0.6) is 0 Å². The highest BCUT2D eigenvalue weighted by Gasteiger charge is 2.25. The van der Waals surface area contributed by atoms with E-state index in [0.717, 1.165) is 12.8 Å². The molecule has 0 saturated heterocycles. The fourth-order valence-corrected chi connectivity index (χ4v) is 3.91. The van der Waals surface area contributed by atoms with E-state index in [1.165, 1.54) is 25.1 Å². The van der Waals surface area contributed by atoms with Crippen molar-refractivity contribution in [2.24, 2.45) is 5.73 Å². The van der Waals surface area contributed by atoms with E-state index < -0.39 is 14.9 Å². The van der Waals surface area contributed by atoms with Crippen molar-refractivity contribution in [2.45, 2.75) is 49.6 Å². The van der Waals surface area contributed by atoms with Gasteiger partial charge in [0.15, 0.2) is 0 Å². The summed E-state index contributed by atoms with van der Waals surface area (Å²) in [4.78, 5) is 10.3. The molecule has 0 spiro atoms. The number of hydrogen-bond donors (Lipinski definition) is 2. The summed E-state index contributed by atoms with van der Waals surface area (Å²) in [6.45, 7) is 1.52. The molecule has 0 heterocycles. The van der Waals surface area contributed by atoms with E-state index in [4.69, 9.17) is 5.73 Å². The molecule has 22 heavy (non-hydrogen) atoms. The van der Waals surface area contributed by atoms with Crippen molar-refractivity contribution in [1.82, 2.24) is 4.72 Å². The van der Waals surface area contributed by atoms with Gasteiger partial charge < -0.3 is 5.73 Å². The fourth-order valence-electron chi connectivity index (χ4n) is 2.52. The molecule has 1 fully saturated rings. The minimum Gasteiger partial charge on any atom is -0.328 e. The van der Waals surface area contributed by atoms with Crippen LogP contribution >= 0.6 is 12.4 Å². The van der Waals surface area contributed by atoms with E-state index in [0.29, 0.717) is 18.4 Å². The van der Waals surface area contributed by atoms with Gasteiger partial charge in [0.05, 0.1) is 9.82 Å². The smallest absolute Gasteiger partial charge is 0.272 e. The SMILES string of the molecule is Cc1cc(S(=O)(=O)NC2CCC(N)CC2)ccc1[N+](=O)[O-].Cl. The summed E-state index contributed by atoms with van der Waals surface area (Å²) >= 11 is 0. The second-order valence-corrected chi connectivity index (χ2v) is 7.15. The Bertz CT molecular complexity index is 643. The van der Waals surface area contributed by atoms with Gasteiger partial charge in [-0.2, -0.15) is 0 Å². The van der Waals surface area contributed by atoms with E-state index in [1.807, 2.05) is 0 Å². The quantitative estimate of drug-likeness (QED) is 0.636. The highest BCUT2D eigenvalue weighted by Crippen LogP contribution is 2.23. The fraction of sp³-hybridized carbons (Fsp3) is 0.538. The van der Waals surface area contributed by atoms with Crippen molar-refractivity contribution in [3.05, 3.63) is 33.9 Å². The van der Waals surface area contributed by atoms with Gasteiger partial charge in [0.25, 0.3) is 5.69 Å². The van der Waals surface area contributed by atoms with E-state index in [9.17, 15) is 18.5 Å². The number of aryl methyl sites for hydroxylation is 1. The predicted octanol–water partition coefficient (Wildman–Crippen LogP) is 1.87. The van der Waals surface area contributed by atoms with Gasteiger partial charge in [0, 0.05) is 23.7 Å². The van der Waals surface area contributed by atoms with Gasteiger partial charge in [-0.15, -0.1) is 12.4 Å². The number of benzene rings is 1. The number of nitro groups is 1. The molecule has 1 aromatic rings. The Morgan fingerprint density at radius 1 is 1.27 bits per heavy atom. The van der Waals surface area contributed by atoms with Crippen LogP contribution in [0.2, 0.25) is 0 Å². The van der Waals surface area contributed by atoms with Crippen LogP contribution in [-0.2, 0) is 10.0 Å². The summed E-state index contributed by atoms with van der Waals surface area (Å²) < 4.78 is 27.3. The van der Waals surface area contributed by atoms with Crippen LogP contribution in [0.4, 0.5) is 5.69 Å². The van der Waals surface area contributed by atoms with Crippen molar-refractivity contribution in [3.63, 3.8) is 0 Å². The first-order valence-corrected chi connectivity index (χ1v) is 8.31. The number of hydrogen-bond acceptors (Lipinski definition) is 5. The lowest BCUT2D eigenvalue weighted by Gasteiger charge is -2.26. The molecule has 0 unspecified atom stereocenters. The van der Waals surface area contributed by atoms with Crippen LogP contribution in [0, 0.1) is 17.0 Å². The molecule has 7 nitrogen and oxygen atoms in total. The van der Waals surface area contributed by atoms with E-state index in [-0.39, 0.29) is 35.1 Å². The minimum atomic E-state index is -3.66. The van der Waals surface area contributed by atoms with Gasteiger partial charge in [-0.3, -0.25) is 10.1 Å². The lowest BCUT2D eigenvalue weighted by molar-refractivity contribution is -0.385. The van der Waals surface area contributed by atoms with Crippen molar-refractivity contribution < 1.29 is 13.3 Å². The van der Waals surface area contributed by atoms with Crippen LogP contribution in [0.15, 0.2) is 23.1 Å². The number of nitrogens with two attached hydrogens (primary N) is 1. The summed E-state index contributed by atoms with van der Waals surface area (Å²) in [6.07, 6.45) is 3.03. The maximum absolute atomic E-state index is 12.3. The molecular weight excluding hydrogens is 330 g/mol. The Balaban J connectivity index is 0.00000242. The van der Waals surface area contributed by atoms with Crippen LogP contribution in [-0.4, -0.2) is 25.4 Å². The number of sulfonamides is 1. The highest BCUT2D eigenvalue weighted by molar-refractivity contribution is 7.89. The van der Waals surface area contributed by atoms with Gasteiger partial charge in [0.2, 0.25) is 10.0 Å². The molecule has 0 aromatic heterocycles. The van der Waals surface area contributed by atoms with E-state index in [1.54, 1.807) is 0 Å². The van der Waals surface area contributed by atoms with Crippen molar-refractivity contribution >= 4 is 28.1 Å². The number of halogens is 1. The van der Waals surface area contributed by atoms with Gasteiger partial charge in [-0.25, -0.2) is 13.1 Å². The summed E-state index contributed by atoms with van der Waals surface area (Å²) in [5, 5.41) is 10.8. The molecule has 0 radical (unpaired) electrons. The molecule has 0 aliphatic heterocycles. The third kappa shape index (κ3) is 4.39. The molecule has 9 heteroatoms. The lowest BCUT2D eigenvalue weighted by Crippen LogP contribution is -2.40. The number of nitrogens with one attached hydrogen (secondary N) is 1. The first-order valence-electron chi connectivity index (χ1n) is 6.82. The molecule has 0 atom stereocenters. The molecule has 3 N–H and O–H groups in total. The predicted molar refractivity (Wildman–Crippen MR) is 85.6 cm³/mol. The maximum atomic E-state index is 12.3. The molecule has 1 aliphatic rings. The average Bonchev–Trinajstić information content (AvgIpc) is 2.40. The van der Waals surface area contributed by atoms with E-state index >= 15 is 0 Å². The minimum absolute atomic E-state index is 0. The van der Waals surface area contributed by atoms with Gasteiger partial charge in [0.1, 0.15) is 0 Å². The average molecular weight is 350 g/mol. The molecule has 124 valence electrons. The Kier molecular flexibility index (Phi) is 6.30. The van der Waals surface area contributed by atoms with E-state index in [2.05, 4.69) is 4.72 Å². The summed E-state index contributed by atoms with van der Waals surface area (Å²) in [7, 11) is -3.66. The Labute approximate surface area is 135 Å². The third-order valence-corrected chi connectivity index (χ3v) is 5.29. The Morgan fingerprint density at radius 3 is 2.36 bits per heavy atom. The number of nitro benzene ring substituents is 1. The largest absolute Gasteiger partial charge is 0.328 e. The normalized spacial score (nSPS) is 21.9. The zero-order valence-corrected chi connectivity index (χ0v) is 13.8. The molecule has 0 amide bonds. The zero-order valence-electron chi connectivity index (χ0n) is 12.2. The molecule has 0 bridgehead atoms. The highest BCUT2D eigenvalue weighted by atomic mass is 35.5. The van der Waals surface area contributed by atoms with Crippen molar-refractivity contribution in [3.8, 4) is 0 Å². The van der Waals surface area contributed by atoms with Crippen molar-refractivity contribution in [2.75, 3.05) is 0 Å². The van der Waals surface area contributed by atoms with Crippen LogP contribution in [0.25, 0.3) is 0 Å². The number of nitrogens with zero attached hydrogens (tertiary/aromatic N) is 1. The van der Waals surface area contributed by atoms with Crippen LogP contribution < -0.4 is 10.5 Å². The Hall–Kier alpha value is -1.22. The lowest BCUT2D eigenvalue weighted by atomic mass is 9.93. The molecule has 1 aliphatic carbocycles. The standard InChI is InChI=1S/C13H19N3O4S.ClH/c1-9-8-12(6-7-13(9)16(17)18)21(19,20)15-11-4-2-10(14)3-5-11;/h6-8,10-11,15H,2-5,14H2,1H3;1H. The first kappa shape index (κ1) is 18.8. The molecule has 1 aromatic carbocycles. The molecule has 2 rings (SSSR count). The van der Waals surface area contributed by atoms with Gasteiger partial charge >= 0.3 is 0 Å². The molecule has 1 saturated carbocycles. The zero-order chi connectivity index (χ0) is 15.6. The summed E-state index contributed by atoms with van der Waals surface area (Å²) in [5.74, 6) is 0.